The van der Waals surface area contributed by atoms with Gasteiger partial charge in [0.05, 0.1) is 13.1 Å². The van der Waals surface area contributed by atoms with Gasteiger partial charge in [0.1, 0.15) is 0 Å². The Morgan fingerprint density at radius 3 is 2.50 bits per heavy atom. The van der Waals surface area contributed by atoms with Crippen LogP contribution in [0.4, 0.5) is 5.69 Å². The molecule has 0 bridgehead atoms. The van der Waals surface area contributed by atoms with E-state index in [0.717, 1.165) is 23.8 Å². The average Bonchev–Trinajstić information content (AvgIpc) is 2.52. The molecule has 0 spiro atoms. The predicted molar refractivity (Wildman–Crippen MR) is 121 cm³/mol. The van der Waals surface area contributed by atoms with Gasteiger partial charge in [-0.15, -0.1) is 24.0 Å². The van der Waals surface area contributed by atoms with E-state index in [9.17, 15) is 4.79 Å². The Bertz CT molecular complexity index is 575. The van der Waals surface area contributed by atoms with Gasteiger partial charge in [-0.2, -0.15) is 0 Å². The molecular formula is C19H34IN5O. The monoisotopic (exact) mass is 475 g/mol. The second-order valence-electron chi connectivity index (χ2n) is 6.86. The van der Waals surface area contributed by atoms with Gasteiger partial charge in [0.15, 0.2) is 5.96 Å². The normalized spacial score (nSPS) is 12.5. The van der Waals surface area contributed by atoms with E-state index in [4.69, 9.17) is 0 Å². The molecule has 1 unspecified atom stereocenters. The molecule has 1 atom stereocenters. The quantitative estimate of drug-likeness (QED) is 0.307. The van der Waals surface area contributed by atoms with E-state index in [1.165, 1.54) is 0 Å². The Labute approximate surface area is 175 Å². The van der Waals surface area contributed by atoms with Crippen LogP contribution in [0.1, 0.15) is 33.3 Å². The van der Waals surface area contributed by atoms with Gasteiger partial charge >= 0.3 is 0 Å². The lowest BCUT2D eigenvalue weighted by molar-refractivity contribution is -0.116. The van der Waals surface area contributed by atoms with Crippen molar-refractivity contribution in [3.8, 4) is 0 Å². The maximum atomic E-state index is 11.9. The van der Waals surface area contributed by atoms with Crippen molar-refractivity contribution in [3.05, 3.63) is 29.8 Å². The third kappa shape index (κ3) is 9.96. The van der Waals surface area contributed by atoms with E-state index in [0.29, 0.717) is 25.0 Å². The fraction of sp³-hybridized carbons (Fsp3) is 0.579. The second kappa shape index (κ2) is 12.9. The van der Waals surface area contributed by atoms with Crippen molar-refractivity contribution in [2.75, 3.05) is 32.5 Å². The summed E-state index contributed by atoms with van der Waals surface area (Å²) >= 11 is 0. The van der Waals surface area contributed by atoms with Crippen LogP contribution in [0.5, 0.6) is 0 Å². The van der Waals surface area contributed by atoms with Crippen LogP contribution in [0.15, 0.2) is 29.3 Å². The Kier molecular flexibility index (Phi) is 12.2. The van der Waals surface area contributed by atoms with Gasteiger partial charge in [-0.05, 0) is 51.6 Å². The third-order valence-corrected chi connectivity index (χ3v) is 3.80. The van der Waals surface area contributed by atoms with E-state index >= 15 is 0 Å². The highest BCUT2D eigenvalue weighted by molar-refractivity contribution is 14.0. The van der Waals surface area contributed by atoms with E-state index in [1.54, 1.807) is 0 Å². The zero-order valence-electron chi connectivity index (χ0n) is 16.8. The number of anilines is 1. The van der Waals surface area contributed by atoms with Gasteiger partial charge in [-0.3, -0.25) is 4.79 Å². The first-order chi connectivity index (χ1) is 11.8. The number of hydrogen-bond acceptors (Lipinski definition) is 3. The van der Waals surface area contributed by atoms with Gasteiger partial charge in [0.25, 0.3) is 0 Å². The lowest BCUT2D eigenvalue weighted by Crippen LogP contribution is -2.44. The molecule has 0 aliphatic rings. The lowest BCUT2D eigenvalue weighted by atomic mass is 10.1. The van der Waals surface area contributed by atoms with Crippen LogP contribution in [-0.2, 0) is 11.3 Å². The number of carbonyl (C=O) groups excluding carboxylic acids is 1. The van der Waals surface area contributed by atoms with Gasteiger partial charge < -0.3 is 20.9 Å². The van der Waals surface area contributed by atoms with Crippen LogP contribution in [0.3, 0.4) is 0 Å². The molecule has 6 nitrogen and oxygen atoms in total. The van der Waals surface area contributed by atoms with Crippen LogP contribution < -0.4 is 16.0 Å². The molecule has 0 radical (unpaired) electrons. The van der Waals surface area contributed by atoms with E-state index in [1.807, 2.05) is 43.3 Å². The van der Waals surface area contributed by atoms with Crippen molar-refractivity contribution in [2.45, 2.75) is 40.3 Å². The zero-order chi connectivity index (χ0) is 18.8. The highest BCUT2D eigenvalue weighted by Crippen LogP contribution is 2.11. The third-order valence-electron chi connectivity index (χ3n) is 3.80. The van der Waals surface area contributed by atoms with E-state index in [-0.39, 0.29) is 29.9 Å². The molecule has 1 amide bonds. The number of benzene rings is 1. The number of hydrogen-bond donors (Lipinski definition) is 3. The minimum Gasteiger partial charge on any atom is -0.357 e. The Morgan fingerprint density at radius 1 is 1.23 bits per heavy atom. The number of halogens is 1. The van der Waals surface area contributed by atoms with Gasteiger partial charge in [0, 0.05) is 18.3 Å². The summed E-state index contributed by atoms with van der Waals surface area (Å²) in [4.78, 5) is 18.4. The molecule has 0 fully saturated rings. The zero-order valence-corrected chi connectivity index (χ0v) is 19.1. The van der Waals surface area contributed by atoms with E-state index in [2.05, 4.69) is 48.6 Å². The molecular weight excluding hydrogens is 441 g/mol. The molecule has 0 aromatic heterocycles. The summed E-state index contributed by atoms with van der Waals surface area (Å²) in [5.41, 5.74) is 1.85. The number of guanidine groups is 1. The van der Waals surface area contributed by atoms with Crippen LogP contribution in [-0.4, -0.2) is 50.0 Å². The smallest absolute Gasteiger partial charge is 0.238 e. The van der Waals surface area contributed by atoms with Crippen LogP contribution >= 0.6 is 24.0 Å². The van der Waals surface area contributed by atoms with E-state index < -0.39 is 0 Å². The first kappa shape index (κ1) is 24.7. The average molecular weight is 475 g/mol. The van der Waals surface area contributed by atoms with Crippen LogP contribution in [0.25, 0.3) is 0 Å². The molecule has 1 aromatic rings. The fourth-order valence-electron chi connectivity index (χ4n) is 2.11. The molecule has 26 heavy (non-hydrogen) atoms. The Hall–Kier alpha value is -1.35. The summed E-state index contributed by atoms with van der Waals surface area (Å²) in [6.07, 6.45) is 0. The molecule has 3 N–H and O–H groups in total. The number of nitrogens with one attached hydrogen (secondary N) is 3. The Morgan fingerprint density at radius 2 is 1.92 bits per heavy atom. The maximum absolute atomic E-state index is 11.9. The molecule has 0 aliphatic heterocycles. The SMILES string of the molecule is CCNC(=NCc1cccc(NC(=O)CN(C)C)c1)NC(C)C(C)C.I. The minimum atomic E-state index is -0.0218. The van der Waals surface area contributed by atoms with Gasteiger partial charge in [-0.25, -0.2) is 4.99 Å². The van der Waals surface area contributed by atoms with Crippen LogP contribution in [0, 0.1) is 5.92 Å². The molecule has 0 saturated heterocycles. The largest absolute Gasteiger partial charge is 0.357 e. The topological polar surface area (TPSA) is 68.8 Å². The summed E-state index contributed by atoms with van der Waals surface area (Å²) in [5.74, 6) is 1.32. The minimum absolute atomic E-state index is 0. The van der Waals surface area contributed by atoms with Crippen molar-refractivity contribution < 1.29 is 4.79 Å². The highest BCUT2D eigenvalue weighted by Gasteiger charge is 2.09. The number of nitrogens with zero attached hydrogens (tertiary/aromatic N) is 2. The molecule has 0 aliphatic carbocycles. The van der Waals surface area contributed by atoms with Gasteiger partial charge in [0.2, 0.25) is 5.91 Å². The van der Waals surface area contributed by atoms with Crippen molar-refractivity contribution in [2.24, 2.45) is 10.9 Å². The summed E-state index contributed by atoms with van der Waals surface area (Å²) < 4.78 is 0. The number of aliphatic imine (C=N–C) groups is 1. The lowest BCUT2D eigenvalue weighted by Gasteiger charge is -2.20. The van der Waals surface area contributed by atoms with Crippen LogP contribution in [0.2, 0.25) is 0 Å². The highest BCUT2D eigenvalue weighted by atomic mass is 127. The molecule has 0 saturated carbocycles. The molecule has 148 valence electrons. The number of likely N-dealkylation sites (N-methyl/N-ethyl adjacent to an activating group) is 1. The summed E-state index contributed by atoms with van der Waals surface area (Å²) in [7, 11) is 3.75. The standard InChI is InChI=1S/C19H33N5O.HI/c1-7-20-19(22-15(4)14(2)3)21-12-16-9-8-10-17(11-16)23-18(25)13-24(5)6;/h8-11,14-15H,7,12-13H2,1-6H3,(H,23,25)(H2,20,21,22);1H. The van der Waals surface area contributed by atoms with Crippen molar-refractivity contribution in [1.82, 2.24) is 15.5 Å². The van der Waals surface area contributed by atoms with Crippen molar-refractivity contribution in [1.29, 1.82) is 0 Å². The van der Waals surface area contributed by atoms with Crippen molar-refractivity contribution >= 4 is 41.5 Å². The van der Waals surface area contributed by atoms with Gasteiger partial charge in [-0.1, -0.05) is 26.0 Å². The predicted octanol–water partition coefficient (Wildman–Crippen LogP) is 2.90. The number of amides is 1. The number of rotatable bonds is 8. The second-order valence-corrected chi connectivity index (χ2v) is 6.86. The summed E-state index contributed by atoms with van der Waals surface area (Å²) in [6.45, 7) is 10.3. The molecule has 1 aromatic carbocycles. The summed E-state index contributed by atoms with van der Waals surface area (Å²) in [6, 6.07) is 8.15. The molecule has 1 rings (SSSR count). The Balaban J connectivity index is 0.00000625. The summed E-state index contributed by atoms with van der Waals surface area (Å²) in [5, 5.41) is 9.60. The first-order valence-corrected chi connectivity index (χ1v) is 8.90. The van der Waals surface area contributed by atoms with Crippen molar-refractivity contribution in [3.63, 3.8) is 0 Å². The molecule has 7 heteroatoms. The fourth-order valence-corrected chi connectivity index (χ4v) is 2.11. The first-order valence-electron chi connectivity index (χ1n) is 8.90. The number of carbonyl (C=O) groups is 1. The molecule has 0 heterocycles. The maximum Gasteiger partial charge on any atom is 0.238 e.